The number of amides is 3. The lowest BCUT2D eigenvalue weighted by Gasteiger charge is -2.36. The molecule has 0 aliphatic carbocycles. The highest BCUT2D eigenvalue weighted by molar-refractivity contribution is 6.33. The average molecular weight is 443 g/mol. The second-order valence-electron chi connectivity index (χ2n) is 6.67. The van der Waals surface area contributed by atoms with Gasteiger partial charge >= 0.3 is 12.2 Å². The van der Waals surface area contributed by atoms with Crippen LogP contribution in [0.1, 0.15) is 15.9 Å². The number of hydrogen-bond donors (Lipinski definition) is 1. The predicted octanol–water partition coefficient (Wildman–Crippen LogP) is 3.47. The molecule has 1 aliphatic rings. The maximum Gasteiger partial charge on any atom is 0.417 e. The van der Waals surface area contributed by atoms with Gasteiger partial charge < -0.3 is 14.9 Å². The van der Waals surface area contributed by atoms with E-state index in [4.69, 9.17) is 11.6 Å². The number of phenols is 1. The first-order chi connectivity index (χ1) is 14.1. The maximum absolute atomic E-state index is 12.8. The minimum Gasteiger partial charge on any atom is -0.507 e. The molecule has 0 atom stereocenters. The smallest absolute Gasteiger partial charge is 0.417 e. The summed E-state index contributed by atoms with van der Waals surface area (Å²) in [6, 6.07) is 6.40. The standard InChI is InChI=1S/C19H18ClF3N4O3/c1-25(16-14(20)10-12(11-24-16)19(21,22)23)18(30)27-8-6-26(7-9-27)17(29)13-4-2-3-5-15(13)28/h2-5,10-11,28H,6-9H2,1H3. The van der Waals surface area contributed by atoms with E-state index in [1.54, 1.807) is 12.1 Å². The molecule has 30 heavy (non-hydrogen) atoms. The molecule has 0 spiro atoms. The van der Waals surface area contributed by atoms with Gasteiger partial charge in [0, 0.05) is 39.4 Å². The normalized spacial score (nSPS) is 14.6. The molecule has 1 N–H and O–H groups in total. The number of carbonyl (C=O) groups excluding carboxylic acids is 2. The lowest BCUT2D eigenvalue weighted by molar-refractivity contribution is -0.137. The molecule has 2 heterocycles. The van der Waals surface area contributed by atoms with E-state index < -0.39 is 17.8 Å². The SMILES string of the molecule is CN(C(=O)N1CCN(C(=O)c2ccccc2O)CC1)c1ncc(C(F)(F)F)cc1Cl. The predicted molar refractivity (Wildman–Crippen MR) is 104 cm³/mol. The molecule has 0 radical (unpaired) electrons. The Morgan fingerprint density at radius 1 is 1.13 bits per heavy atom. The number of hydrogen-bond acceptors (Lipinski definition) is 4. The Balaban J connectivity index is 1.65. The number of anilines is 1. The largest absolute Gasteiger partial charge is 0.507 e. The number of para-hydroxylation sites is 1. The molecular weight excluding hydrogens is 425 g/mol. The third-order valence-corrected chi connectivity index (χ3v) is 5.00. The lowest BCUT2D eigenvalue weighted by Crippen LogP contribution is -2.53. The van der Waals surface area contributed by atoms with Crippen LogP contribution < -0.4 is 4.90 Å². The Morgan fingerprint density at radius 3 is 2.30 bits per heavy atom. The first-order valence-corrected chi connectivity index (χ1v) is 9.30. The number of nitrogens with zero attached hydrogens (tertiary/aromatic N) is 4. The summed E-state index contributed by atoms with van der Waals surface area (Å²) in [5, 5.41) is 9.54. The molecule has 3 rings (SSSR count). The van der Waals surface area contributed by atoms with Crippen LogP contribution in [-0.4, -0.2) is 65.1 Å². The van der Waals surface area contributed by atoms with Crippen LogP contribution in [0.2, 0.25) is 5.02 Å². The highest BCUT2D eigenvalue weighted by Crippen LogP contribution is 2.33. The summed E-state index contributed by atoms with van der Waals surface area (Å²) >= 11 is 5.91. The number of piperazine rings is 1. The molecule has 1 fully saturated rings. The van der Waals surface area contributed by atoms with Gasteiger partial charge in [0.1, 0.15) is 5.75 Å². The minimum absolute atomic E-state index is 0.0950. The maximum atomic E-state index is 12.8. The molecule has 2 aromatic rings. The number of benzene rings is 1. The molecule has 1 aliphatic heterocycles. The number of carbonyl (C=O) groups is 2. The van der Waals surface area contributed by atoms with Gasteiger partial charge in [-0.2, -0.15) is 13.2 Å². The van der Waals surface area contributed by atoms with E-state index in [-0.39, 0.29) is 54.2 Å². The zero-order chi connectivity index (χ0) is 22.1. The van der Waals surface area contributed by atoms with Crippen molar-refractivity contribution in [2.24, 2.45) is 0 Å². The van der Waals surface area contributed by atoms with Gasteiger partial charge in [0.2, 0.25) is 0 Å². The molecule has 1 saturated heterocycles. The fourth-order valence-electron chi connectivity index (χ4n) is 3.06. The van der Waals surface area contributed by atoms with Crippen molar-refractivity contribution in [1.29, 1.82) is 0 Å². The summed E-state index contributed by atoms with van der Waals surface area (Å²) in [7, 11) is 1.36. The second kappa shape index (κ2) is 8.39. The third-order valence-electron chi connectivity index (χ3n) is 4.73. The zero-order valence-electron chi connectivity index (χ0n) is 15.9. The topological polar surface area (TPSA) is 77.0 Å². The van der Waals surface area contributed by atoms with Crippen LogP contribution in [0.5, 0.6) is 5.75 Å². The van der Waals surface area contributed by atoms with Gasteiger partial charge in [-0.25, -0.2) is 9.78 Å². The van der Waals surface area contributed by atoms with Crippen molar-refractivity contribution in [3.63, 3.8) is 0 Å². The fourth-order valence-corrected chi connectivity index (χ4v) is 3.35. The van der Waals surface area contributed by atoms with Crippen LogP contribution in [0.15, 0.2) is 36.5 Å². The Labute approximate surface area is 175 Å². The Kier molecular flexibility index (Phi) is 6.06. The molecular formula is C19H18ClF3N4O3. The van der Waals surface area contributed by atoms with E-state index in [9.17, 15) is 27.9 Å². The average Bonchev–Trinajstić information content (AvgIpc) is 2.72. The van der Waals surface area contributed by atoms with Gasteiger partial charge in [0.15, 0.2) is 5.82 Å². The van der Waals surface area contributed by atoms with Crippen LogP contribution in [-0.2, 0) is 6.18 Å². The first-order valence-electron chi connectivity index (χ1n) is 8.92. The highest BCUT2D eigenvalue weighted by Gasteiger charge is 2.33. The summed E-state index contributed by atoms with van der Waals surface area (Å²) in [6.45, 7) is 0.892. The van der Waals surface area contributed by atoms with Crippen molar-refractivity contribution < 1.29 is 27.9 Å². The molecule has 3 amide bonds. The zero-order valence-corrected chi connectivity index (χ0v) is 16.6. The fraction of sp³-hybridized carbons (Fsp3) is 0.316. The van der Waals surface area contributed by atoms with E-state index in [1.165, 1.54) is 29.0 Å². The monoisotopic (exact) mass is 442 g/mol. The summed E-state index contributed by atoms with van der Waals surface area (Å²) in [4.78, 5) is 33.0. The Hall–Kier alpha value is -3.01. The van der Waals surface area contributed by atoms with Gasteiger partial charge in [-0.15, -0.1) is 0 Å². The van der Waals surface area contributed by atoms with Gasteiger partial charge in [0.05, 0.1) is 16.1 Å². The van der Waals surface area contributed by atoms with E-state index in [0.29, 0.717) is 6.20 Å². The van der Waals surface area contributed by atoms with Gasteiger partial charge in [-0.05, 0) is 18.2 Å². The van der Waals surface area contributed by atoms with Gasteiger partial charge in [-0.1, -0.05) is 23.7 Å². The molecule has 0 unspecified atom stereocenters. The number of rotatable bonds is 2. The Morgan fingerprint density at radius 2 is 1.73 bits per heavy atom. The molecule has 7 nitrogen and oxygen atoms in total. The molecule has 160 valence electrons. The van der Waals surface area contributed by atoms with Crippen LogP contribution in [0, 0.1) is 0 Å². The quantitative estimate of drug-likeness (QED) is 0.772. The van der Waals surface area contributed by atoms with Crippen molar-refractivity contribution in [2.75, 3.05) is 38.1 Å². The number of halogens is 4. The van der Waals surface area contributed by atoms with E-state index in [2.05, 4.69) is 4.98 Å². The molecule has 0 bridgehead atoms. The van der Waals surface area contributed by atoms with Crippen molar-refractivity contribution in [1.82, 2.24) is 14.8 Å². The van der Waals surface area contributed by atoms with E-state index in [1.807, 2.05) is 0 Å². The number of aromatic nitrogens is 1. The summed E-state index contributed by atoms with van der Waals surface area (Å²) in [5.74, 6) is -0.563. The number of pyridine rings is 1. The van der Waals surface area contributed by atoms with E-state index in [0.717, 1.165) is 11.0 Å². The summed E-state index contributed by atoms with van der Waals surface area (Å²) in [5.41, 5.74) is -0.830. The molecule has 1 aromatic carbocycles. The van der Waals surface area contributed by atoms with Crippen LogP contribution in [0.3, 0.4) is 0 Å². The summed E-state index contributed by atoms with van der Waals surface area (Å²) in [6.07, 6.45) is -3.97. The first kappa shape index (κ1) is 21.7. The van der Waals surface area contributed by atoms with Crippen LogP contribution in [0.25, 0.3) is 0 Å². The Bertz CT molecular complexity index is 962. The number of alkyl halides is 3. The van der Waals surface area contributed by atoms with Crippen molar-refractivity contribution >= 4 is 29.4 Å². The van der Waals surface area contributed by atoms with Crippen molar-refractivity contribution in [2.45, 2.75) is 6.18 Å². The van der Waals surface area contributed by atoms with Crippen molar-refractivity contribution in [3.8, 4) is 5.75 Å². The molecule has 0 saturated carbocycles. The lowest BCUT2D eigenvalue weighted by atomic mass is 10.1. The summed E-state index contributed by atoms with van der Waals surface area (Å²) < 4.78 is 38.3. The third kappa shape index (κ3) is 4.43. The second-order valence-corrected chi connectivity index (χ2v) is 7.07. The van der Waals surface area contributed by atoms with E-state index >= 15 is 0 Å². The number of urea groups is 1. The minimum atomic E-state index is -4.59. The molecule has 11 heteroatoms. The number of phenolic OH excluding ortho intramolecular Hbond substituents is 1. The van der Waals surface area contributed by atoms with Crippen LogP contribution in [0.4, 0.5) is 23.8 Å². The van der Waals surface area contributed by atoms with Crippen LogP contribution >= 0.6 is 11.6 Å². The highest BCUT2D eigenvalue weighted by atomic mass is 35.5. The van der Waals surface area contributed by atoms with Gasteiger partial charge in [-0.3, -0.25) is 9.69 Å². The molecule has 1 aromatic heterocycles. The van der Waals surface area contributed by atoms with Crippen molar-refractivity contribution in [3.05, 3.63) is 52.7 Å². The van der Waals surface area contributed by atoms with Gasteiger partial charge in [0.25, 0.3) is 5.91 Å². The number of aromatic hydroxyl groups is 1.